The second-order valence-electron chi connectivity index (χ2n) is 5.16. The maximum absolute atomic E-state index is 5.94. The minimum atomic E-state index is 0.393. The molecular formula is C15H18ClN5. The van der Waals surface area contributed by atoms with Gasteiger partial charge in [-0.25, -0.2) is 4.98 Å². The molecule has 21 heavy (non-hydrogen) atoms. The molecule has 0 spiro atoms. The molecule has 0 aliphatic carbocycles. The lowest BCUT2D eigenvalue weighted by Gasteiger charge is -2.34. The van der Waals surface area contributed by atoms with Gasteiger partial charge < -0.3 is 10.6 Å². The van der Waals surface area contributed by atoms with Gasteiger partial charge in [0.25, 0.3) is 0 Å². The van der Waals surface area contributed by atoms with Crippen molar-refractivity contribution in [2.45, 2.75) is 6.54 Å². The first-order chi connectivity index (χ1) is 10.2. The van der Waals surface area contributed by atoms with Crippen LogP contribution in [0.3, 0.4) is 0 Å². The Morgan fingerprint density at radius 3 is 2.43 bits per heavy atom. The Balaban J connectivity index is 1.60. The molecule has 2 aromatic rings. The van der Waals surface area contributed by atoms with E-state index in [1.54, 1.807) is 6.07 Å². The summed E-state index contributed by atoms with van der Waals surface area (Å²) in [5, 5.41) is 0.393. The first-order valence-corrected chi connectivity index (χ1v) is 7.40. The number of nitrogens with two attached hydrogens (primary N) is 1. The van der Waals surface area contributed by atoms with Gasteiger partial charge in [-0.3, -0.25) is 4.90 Å². The van der Waals surface area contributed by atoms with Crippen LogP contribution in [0.25, 0.3) is 0 Å². The van der Waals surface area contributed by atoms with Crippen molar-refractivity contribution in [2.24, 2.45) is 0 Å². The fourth-order valence-corrected chi connectivity index (χ4v) is 2.70. The zero-order valence-electron chi connectivity index (χ0n) is 11.7. The summed E-state index contributed by atoms with van der Waals surface area (Å²) in [4.78, 5) is 13.1. The van der Waals surface area contributed by atoms with E-state index in [0.717, 1.165) is 32.7 Å². The molecule has 1 aromatic heterocycles. The fourth-order valence-electron chi connectivity index (χ4n) is 2.51. The van der Waals surface area contributed by atoms with Gasteiger partial charge in [-0.05, 0) is 5.56 Å². The van der Waals surface area contributed by atoms with Gasteiger partial charge in [0.05, 0.1) is 0 Å². The molecular weight excluding hydrogens is 286 g/mol. The van der Waals surface area contributed by atoms with Crippen molar-refractivity contribution in [1.29, 1.82) is 0 Å². The Morgan fingerprint density at radius 1 is 1.05 bits per heavy atom. The molecule has 5 nitrogen and oxygen atoms in total. The number of anilines is 2. The van der Waals surface area contributed by atoms with Crippen LogP contribution >= 0.6 is 11.6 Å². The molecule has 0 amide bonds. The molecule has 0 bridgehead atoms. The largest absolute Gasteiger partial charge is 0.383 e. The summed E-state index contributed by atoms with van der Waals surface area (Å²) < 4.78 is 0. The third kappa shape index (κ3) is 3.62. The fraction of sp³-hybridized carbons (Fsp3) is 0.333. The molecule has 2 N–H and O–H groups in total. The lowest BCUT2D eigenvalue weighted by molar-refractivity contribution is 0.248. The molecule has 1 aliphatic heterocycles. The second kappa shape index (κ2) is 6.28. The number of nitrogen functional groups attached to an aromatic ring is 1. The average molecular weight is 304 g/mol. The zero-order chi connectivity index (χ0) is 14.7. The number of hydrogen-bond donors (Lipinski definition) is 1. The molecule has 0 radical (unpaired) electrons. The molecule has 1 aliphatic rings. The Kier molecular flexibility index (Phi) is 4.22. The average Bonchev–Trinajstić information content (AvgIpc) is 2.48. The molecule has 1 aromatic carbocycles. The topological polar surface area (TPSA) is 58.3 Å². The third-order valence-electron chi connectivity index (χ3n) is 3.61. The van der Waals surface area contributed by atoms with E-state index in [4.69, 9.17) is 17.3 Å². The summed E-state index contributed by atoms with van der Waals surface area (Å²) in [6.45, 7) is 4.70. The van der Waals surface area contributed by atoms with Crippen molar-refractivity contribution >= 4 is 23.4 Å². The molecule has 3 rings (SSSR count). The lowest BCUT2D eigenvalue weighted by atomic mass is 10.2. The highest BCUT2D eigenvalue weighted by Crippen LogP contribution is 2.17. The quantitative estimate of drug-likeness (QED) is 0.879. The summed E-state index contributed by atoms with van der Waals surface area (Å²) in [5.74, 6) is 1.04. The number of piperazine rings is 1. The number of rotatable bonds is 3. The standard InChI is InChI=1S/C15H18ClN5/c16-13-10-14(17)19-15(18-13)21-8-6-20(7-9-21)11-12-4-2-1-3-5-12/h1-5,10H,6-9,11H2,(H2,17,18,19). The van der Waals surface area contributed by atoms with E-state index in [2.05, 4.69) is 44.0 Å². The first-order valence-electron chi connectivity index (χ1n) is 7.02. The van der Waals surface area contributed by atoms with Crippen molar-refractivity contribution in [3.63, 3.8) is 0 Å². The van der Waals surface area contributed by atoms with Gasteiger partial charge >= 0.3 is 0 Å². The molecule has 0 atom stereocenters. The maximum Gasteiger partial charge on any atom is 0.228 e. The normalized spacial score (nSPS) is 16.1. The predicted molar refractivity (Wildman–Crippen MR) is 85.4 cm³/mol. The molecule has 1 fully saturated rings. The number of benzene rings is 1. The van der Waals surface area contributed by atoms with Crippen LogP contribution in [-0.4, -0.2) is 41.0 Å². The third-order valence-corrected chi connectivity index (χ3v) is 3.80. The molecule has 2 heterocycles. The van der Waals surface area contributed by atoms with Gasteiger partial charge in [0, 0.05) is 38.8 Å². The summed E-state index contributed by atoms with van der Waals surface area (Å²) in [7, 11) is 0. The number of nitrogens with zero attached hydrogens (tertiary/aromatic N) is 4. The van der Waals surface area contributed by atoms with Crippen LogP contribution < -0.4 is 10.6 Å². The highest BCUT2D eigenvalue weighted by molar-refractivity contribution is 6.29. The maximum atomic E-state index is 5.94. The van der Waals surface area contributed by atoms with Gasteiger partial charge in [-0.1, -0.05) is 41.9 Å². The number of aromatic nitrogens is 2. The van der Waals surface area contributed by atoms with Crippen LogP contribution in [0.15, 0.2) is 36.4 Å². The van der Waals surface area contributed by atoms with Gasteiger partial charge in [0.1, 0.15) is 11.0 Å². The summed E-state index contributed by atoms with van der Waals surface area (Å²) in [6.07, 6.45) is 0. The SMILES string of the molecule is Nc1cc(Cl)nc(N2CCN(Cc3ccccc3)CC2)n1. The van der Waals surface area contributed by atoms with E-state index in [0.29, 0.717) is 16.9 Å². The van der Waals surface area contributed by atoms with Gasteiger partial charge in [0.2, 0.25) is 5.95 Å². The lowest BCUT2D eigenvalue weighted by Crippen LogP contribution is -2.46. The van der Waals surface area contributed by atoms with Crippen LogP contribution in [-0.2, 0) is 6.54 Å². The molecule has 1 saturated heterocycles. The Bertz CT molecular complexity index is 576. The Morgan fingerprint density at radius 2 is 1.76 bits per heavy atom. The molecule has 0 unspecified atom stereocenters. The van der Waals surface area contributed by atoms with Crippen molar-refractivity contribution < 1.29 is 0 Å². The summed E-state index contributed by atoms with van der Waals surface area (Å²) in [6, 6.07) is 12.1. The van der Waals surface area contributed by atoms with Crippen LogP contribution in [0.4, 0.5) is 11.8 Å². The summed E-state index contributed by atoms with van der Waals surface area (Å²) >= 11 is 5.94. The van der Waals surface area contributed by atoms with Crippen molar-refractivity contribution in [2.75, 3.05) is 36.8 Å². The van der Waals surface area contributed by atoms with Crippen LogP contribution in [0.5, 0.6) is 0 Å². The number of hydrogen-bond acceptors (Lipinski definition) is 5. The van der Waals surface area contributed by atoms with Crippen molar-refractivity contribution in [1.82, 2.24) is 14.9 Å². The highest BCUT2D eigenvalue weighted by atomic mass is 35.5. The summed E-state index contributed by atoms with van der Waals surface area (Å²) in [5.41, 5.74) is 7.06. The van der Waals surface area contributed by atoms with E-state index in [9.17, 15) is 0 Å². The smallest absolute Gasteiger partial charge is 0.228 e. The second-order valence-corrected chi connectivity index (χ2v) is 5.55. The minimum Gasteiger partial charge on any atom is -0.383 e. The molecule has 0 saturated carbocycles. The van der Waals surface area contributed by atoms with E-state index in [1.165, 1.54) is 5.56 Å². The van der Waals surface area contributed by atoms with Crippen LogP contribution in [0, 0.1) is 0 Å². The van der Waals surface area contributed by atoms with E-state index < -0.39 is 0 Å². The Labute approximate surface area is 129 Å². The van der Waals surface area contributed by atoms with Gasteiger partial charge in [-0.2, -0.15) is 4.98 Å². The monoisotopic (exact) mass is 303 g/mol. The number of halogens is 1. The van der Waals surface area contributed by atoms with Crippen LogP contribution in [0.2, 0.25) is 5.15 Å². The molecule has 110 valence electrons. The van der Waals surface area contributed by atoms with Crippen molar-refractivity contribution in [3.8, 4) is 0 Å². The van der Waals surface area contributed by atoms with Crippen LogP contribution in [0.1, 0.15) is 5.56 Å². The van der Waals surface area contributed by atoms with Crippen molar-refractivity contribution in [3.05, 3.63) is 47.1 Å². The molecule has 6 heteroatoms. The minimum absolute atomic E-state index is 0.393. The Hall–Kier alpha value is -1.85. The van der Waals surface area contributed by atoms with E-state index >= 15 is 0 Å². The first kappa shape index (κ1) is 14.1. The van der Waals surface area contributed by atoms with E-state index in [1.807, 2.05) is 6.07 Å². The predicted octanol–water partition coefficient (Wildman–Crippen LogP) is 2.03. The van der Waals surface area contributed by atoms with Gasteiger partial charge in [-0.15, -0.1) is 0 Å². The highest BCUT2D eigenvalue weighted by Gasteiger charge is 2.19. The van der Waals surface area contributed by atoms with Gasteiger partial charge in [0.15, 0.2) is 0 Å². The van der Waals surface area contributed by atoms with E-state index in [-0.39, 0.29) is 0 Å². The zero-order valence-corrected chi connectivity index (χ0v) is 12.5.